The monoisotopic (exact) mass is 595 g/mol. The molecule has 0 aliphatic carbocycles. The minimum atomic E-state index is -1.58. The Labute approximate surface area is 249 Å². The van der Waals surface area contributed by atoms with E-state index in [9.17, 15) is 19.2 Å². The average Bonchev–Trinajstić information content (AvgIpc) is 2.94. The van der Waals surface area contributed by atoms with Crippen molar-refractivity contribution in [2.24, 2.45) is 11.7 Å². The van der Waals surface area contributed by atoms with E-state index < -0.39 is 29.9 Å². The van der Waals surface area contributed by atoms with Crippen LogP contribution in [0, 0.1) is 5.92 Å². The molecule has 0 radical (unpaired) electrons. The molecule has 0 saturated carbocycles. The molecule has 0 aliphatic heterocycles. The summed E-state index contributed by atoms with van der Waals surface area (Å²) < 4.78 is 31.4. The van der Waals surface area contributed by atoms with Crippen molar-refractivity contribution in [2.45, 2.75) is 110 Å². The van der Waals surface area contributed by atoms with Crippen LogP contribution in [0.3, 0.4) is 0 Å². The van der Waals surface area contributed by atoms with Gasteiger partial charge in [0.15, 0.2) is 11.5 Å². The van der Waals surface area contributed by atoms with Crippen molar-refractivity contribution >= 4 is 24.2 Å². The molecule has 0 bridgehead atoms. The number of ether oxygens (including phenoxy) is 6. The van der Waals surface area contributed by atoms with Crippen molar-refractivity contribution in [1.82, 2.24) is 0 Å². The zero-order valence-electron chi connectivity index (χ0n) is 26.0. The van der Waals surface area contributed by atoms with Crippen LogP contribution in [-0.2, 0) is 35.0 Å². The van der Waals surface area contributed by atoms with Crippen molar-refractivity contribution in [3.8, 4) is 11.5 Å². The highest BCUT2D eigenvalue weighted by Crippen LogP contribution is 2.32. The van der Waals surface area contributed by atoms with Gasteiger partial charge < -0.3 is 34.2 Å². The van der Waals surface area contributed by atoms with E-state index in [1.165, 1.54) is 19.2 Å². The third-order valence-electron chi connectivity index (χ3n) is 6.53. The van der Waals surface area contributed by atoms with Crippen molar-refractivity contribution in [3.63, 3.8) is 0 Å². The summed E-state index contributed by atoms with van der Waals surface area (Å²) in [6, 6.07) is 4.41. The lowest BCUT2D eigenvalue weighted by molar-refractivity contribution is -0.157. The molecule has 0 heterocycles. The van der Waals surface area contributed by atoms with Crippen LogP contribution in [0.25, 0.3) is 0 Å². The number of hydrogen-bond acceptors (Lipinski definition) is 11. The molecule has 0 aliphatic rings. The van der Waals surface area contributed by atoms with Crippen LogP contribution in [0.15, 0.2) is 18.2 Å². The number of nitrogens with two attached hydrogens (primary N) is 1. The Balaban J connectivity index is 3.16. The molecule has 238 valence electrons. The van der Waals surface area contributed by atoms with Crippen LogP contribution in [0.2, 0.25) is 0 Å². The van der Waals surface area contributed by atoms with E-state index >= 15 is 0 Å². The number of rotatable bonds is 19. The first-order chi connectivity index (χ1) is 20.0. The van der Waals surface area contributed by atoms with Crippen LogP contribution in [0.5, 0.6) is 11.5 Å². The predicted molar refractivity (Wildman–Crippen MR) is 156 cm³/mol. The standard InChI is InChI=1S/C31H49NO10/c1-7-10-12-17-38-29(35)41-25-16-15-24(19-26(25)42-30(36)39-18-13-11-8-2)21-31(32,28(34)37-6)20-23(5)40-27(33)22(4)14-9-3/h15-16,19,22-23H,7-14,17-18,20-21,32H2,1-6H3/t22?,23?,31-/m1/s1. The number of carbonyl (C=O) groups excluding carboxylic acids is 4. The van der Waals surface area contributed by atoms with Crippen LogP contribution in [0.1, 0.15) is 98.0 Å². The zero-order chi connectivity index (χ0) is 31.5. The summed E-state index contributed by atoms with van der Waals surface area (Å²) in [6.07, 6.45) is 3.90. The second kappa shape index (κ2) is 19.7. The fourth-order valence-electron chi connectivity index (χ4n) is 4.30. The molecule has 0 aromatic heterocycles. The molecule has 2 N–H and O–H groups in total. The largest absolute Gasteiger partial charge is 0.513 e. The lowest BCUT2D eigenvalue weighted by atomic mass is 9.86. The van der Waals surface area contributed by atoms with Gasteiger partial charge in [-0.05, 0) is 43.9 Å². The first-order valence-electron chi connectivity index (χ1n) is 14.9. The van der Waals surface area contributed by atoms with Gasteiger partial charge in [-0.25, -0.2) is 9.59 Å². The summed E-state index contributed by atoms with van der Waals surface area (Å²) in [5.74, 6) is -1.54. The van der Waals surface area contributed by atoms with Gasteiger partial charge in [-0.2, -0.15) is 0 Å². The van der Waals surface area contributed by atoms with E-state index in [1.54, 1.807) is 19.9 Å². The van der Waals surface area contributed by atoms with E-state index in [0.717, 1.165) is 32.1 Å². The quantitative estimate of drug-likeness (QED) is 0.0834. The van der Waals surface area contributed by atoms with Gasteiger partial charge in [-0.3, -0.25) is 9.59 Å². The van der Waals surface area contributed by atoms with E-state index in [-0.39, 0.29) is 49.4 Å². The van der Waals surface area contributed by atoms with Crippen molar-refractivity contribution in [3.05, 3.63) is 23.8 Å². The highest BCUT2D eigenvalue weighted by molar-refractivity contribution is 5.81. The molecule has 1 aromatic carbocycles. The Bertz CT molecular complexity index is 998. The van der Waals surface area contributed by atoms with Crippen molar-refractivity contribution in [1.29, 1.82) is 0 Å². The first-order valence-corrected chi connectivity index (χ1v) is 14.9. The van der Waals surface area contributed by atoms with Gasteiger partial charge in [0.2, 0.25) is 0 Å². The lowest BCUT2D eigenvalue weighted by Gasteiger charge is -2.30. The summed E-state index contributed by atoms with van der Waals surface area (Å²) in [7, 11) is 1.22. The zero-order valence-corrected chi connectivity index (χ0v) is 26.0. The molecular weight excluding hydrogens is 546 g/mol. The first kappa shape index (κ1) is 36.7. The van der Waals surface area contributed by atoms with E-state index in [2.05, 4.69) is 0 Å². The number of unbranched alkanes of at least 4 members (excludes halogenated alkanes) is 4. The molecular formula is C31H49NO10. The van der Waals surface area contributed by atoms with Gasteiger partial charge in [0.05, 0.1) is 26.2 Å². The molecule has 42 heavy (non-hydrogen) atoms. The van der Waals surface area contributed by atoms with E-state index in [4.69, 9.17) is 34.2 Å². The van der Waals surface area contributed by atoms with Gasteiger partial charge >= 0.3 is 24.2 Å². The average molecular weight is 596 g/mol. The topological polar surface area (TPSA) is 150 Å². The number of hydrogen-bond donors (Lipinski definition) is 1. The Morgan fingerprint density at radius 3 is 1.93 bits per heavy atom. The Morgan fingerprint density at radius 1 is 0.833 bits per heavy atom. The molecule has 1 rings (SSSR count). The predicted octanol–water partition coefficient (Wildman–Crippen LogP) is 6.27. The summed E-state index contributed by atoms with van der Waals surface area (Å²) in [6.45, 7) is 9.84. The molecule has 0 saturated heterocycles. The number of benzene rings is 1. The molecule has 2 unspecified atom stereocenters. The summed E-state index contributed by atoms with van der Waals surface area (Å²) in [4.78, 5) is 49.9. The van der Waals surface area contributed by atoms with Crippen LogP contribution >= 0.6 is 0 Å². The fourth-order valence-corrected chi connectivity index (χ4v) is 4.30. The number of methoxy groups -OCH3 is 1. The van der Waals surface area contributed by atoms with Gasteiger partial charge in [0.1, 0.15) is 11.6 Å². The summed E-state index contributed by atoms with van der Waals surface area (Å²) >= 11 is 0. The Morgan fingerprint density at radius 2 is 1.40 bits per heavy atom. The highest BCUT2D eigenvalue weighted by atomic mass is 16.7. The smallest absolute Gasteiger partial charge is 0.468 e. The molecule has 0 amide bonds. The van der Waals surface area contributed by atoms with Crippen molar-refractivity contribution in [2.75, 3.05) is 20.3 Å². The minimum absolute atomic E-state index is 0.0255. The van der Waals surface area contributed by atoms with E-state index in [1.807, 2.05) is 20.8 Å². The second-order valence-electron chi connectivity index (χ2n) is 10.6. The SMILES string of the molecule is CCCCCOC(=O)Oc1ccc(C[C@](N)(CC(C)OC(=O)C(C)CCC)C(=O)OC)cc1OC(=O)OCCCCC. The summed E-state index contributed by atoms with van der Waals surface area (Å²) in [5.41, 5.74) is 5.42. The molecule has 1 aromatic rings. The van der Waals surface area contributed by atoms with Gasteiger partial charge in [-0.15, -0.1) is 0 Å². The van der Waals surface area contributed by atoms with Crippen LogP contribution in [0.4, 0.5) is 9.59 Å². The third kappa shape index (κ3) is 13.5. The minimum Gasteiger partial charge on any atom is -0.468 e. The maximum absolute atomic E-state index is 12.8. The van der Waals surface area contributed by atoms with Crippen LogP contribution < -0.4 is 15.2 Å². The maximum Gasteiger partial charge on any atom is 0.513 e. The fraction of sp³-hybridized carbons (Fsp3) is 0.677. The maximum atomic E-state index is 12.8. The second-order valence-corrected chi connectivity index (χ2v) is 10.6. The molecule has 3 atom stereocenters. The molecule has 0 spiro atoms. The van der Waals surface area contributed by atoms with Gasteiger partial charge in [-0.1, -0.05) is 65.9 Å². The molecule has 11 heteroatoms. The van der Waals surface area contributed by atoms with Gasteiger partial charge in [0, 0.05) is 12.8 Å². The van der Waals surface area contributed by atoms with E-state index in [0.29, 0.717) is 24.8 Å². The molecule has 0 fully saturated rings. The highest BCUT2D eigenvalue weighted by Gasteiger charge is 2.38. The third-order valence-corrected chi connectivity index (χ3v) is 6.53. The number of esters is 2. The van der Waals surface area contributed by atoms with Crippen molar-refractivity contribution < 1.29 is 47.6 Å². The summed E-state index contributed by atoms with van der Waals surface area (Å²) in [5, 5.41) is 0. The Kier molecular flexibility index (Phi) is 17.2. The normalized spacial score (nSPS) is 13.7. The lowest BCUT2D eigenvalue weighted by Crippen LogP contribution is -2.53. The van der Waals surface area contributed by atoms with Crippen LogP contribution in [-0.4, -0.2) is 56.2 Å². The Hall–Kier alpha value is -3.34. The molecule has 11 nitrogen and oxygen atoms in total. The van der Waals surface area contributed by atoms with Gasteiger partial charge in [0.25, 0.3) is 0 Å². The number of carbonyl (C=O) groups is 4.